The van der Waals surface area contributed by atoms with Crippen LogP contribution in [0.15, 0.2) is 30.3 Å². The summed E-state index contributed by atoms with van der Waals surface area (Å²) in [5, 5.41) is 7.85. The van der Waals surface area contributed by atoms with E-state index in [2.05, 4.69) is 15.4 Å². The fraction of sp³-hybridized carbons (Fsp3) is 0.235. The molecule has 0 atom stereocenters. The third-order valence-electron chi connectivity index (χ3n) is 3.73. The van der Waals surface area contributed by atoms with Crippen LogP contribution in [0.4, 0.5) is 5.13 Å². The molecule has 0 aliphatic heterocycles. The van der Waals surface area contributed by atoms with Gasteiger partial charge in [0.15, 0.2) is 5.13 Å². The molecule has 0 unspecified atom stereocenters. The highest BCUT2D eigenvalue weighted by Gasteiger charge is 2.16. The van der Waals surface area contributed by atoms with Gasteiger partial charge in [0.2, 0.25) is 0 Å². The summed E-state index contributed by atoms with van der Waals surface area (Å²) in [5.74, 6) is 0.519. The number of thiazole rings is 1. The average molecular weight is 342 g/mol. The van der Waals surface area contributed by atoms with Gasteiger partial charge in [-0.2, -0.15) is 5.10 Å². The summed E-state index contributed by atoms with van der Waals surface area (Å²) in [4.78, 5) is 17.9. The van der Waals surface area contributed by atoms with Crippen LogP contribution >= 0.6 is 11.3 Å². The summed E-state index contributed by atoms with van der Waals surface area (Å²) in [5.41, 5.74) is 3.01. The molecule has 0 saturated heterocycles. The summed E-state index contributed by atoms with van der Waals surface area (Å²) >= 11 is 1.46. The first kappa shape index (κ1) is 16.2. The normalized spacial score (nSPS) is 10.7. The predicted molar refractivity (Wildman–Crippen MR) is 94.7 cm³/mol. The predicted octanol–water partition coefficient (Wildman–Crippen LogP) is 3.42. The van der Waals surface area contributed by atoms with Crippen LogP contribution < -0.4 is 10.1 Å². The molecule has 2 heterocycles. The van der Waals surface area contributed by atoms with Gasteiger partial charge in [-0.05, 0) is 32.0 Å². The van der Waals surface area contributed by atoms with E-state index in [1.54, 1.807) is 24.9 Å². The van der Waals surface area contributed by atoms with Gasteiger partial charge in [-0.15, -0.1) is 11.3 Å². The molecule has 0 aliphatic carbocycles. The number of nitrogens with zero attached hydrogens (tertiary/aromatic N) is 3. The Balaban J connectivity index is 1.86. The molecule has 3 aromatic rings. The average Bonchev–Trinajstić information content (AvgIpc) is 3.10. The van der Waals surface area contributed by atoms with E-state index in [4.69, 9.17) is 4.74 Å². The Hall–Kier alpha value is -2.67. The van der Waals surface area contributed by atoms with Crippen LogP contribution in [0, 0.1) is 13.8 Å². The Morgan fingerprint density at radius 2 is 2.08 bits per heavy atom. The molecule has 6 nitrogen and oxygen atoms in total. The number of hydrogen-bond donors (Lipinski definition) is 1. The van der Waals surface area contributed by atoms with Crippen molar-refractivity contribution < 1.29 is 9.53 Å². The summed E-state index contributed by atoms with van der Waals surface area (Å²) in [6.45, 7) is 3.90. The first-order chi connectivity index (χ1) is 11.5. The zero-order valence-corrected chi connectivity index (χ0v) is 14.8. The van der Waals surface area contributed by atoms with Gasteiger partial charge in [0.05, 0.1) is 18.5 Å². The van der Waals surface area contributed by atoms with E-state index in [9.17, 15) is 4.79 Å². The van der Waals surface area contributed by atoms with Crippen molar-refractivity contribution in [3.05, 3.63) is 46.6 Å². The highest BCUT2D eigenvalue weighted by Crippen LogP contribution is 2.25. The number of carbonyl (C=O) groups excluding carboxylic acids is 1. The Bertz CT molecular complexity index is 878. The van der Waals surface area contributed by atoms with Crippen LogP contribution in [0.5, 0.6) is 5.75 Å². The number of carbonyl (C=O) groups is 1. The van der Waals surface area contributed by atoms with E-state index in [1.807, 2.05) is 38.1 Å². The number of ether oxygens (including phenoxy) is 1. The van der Waals surface area contributed by atoms with Gasteiger partial charge in [-0.3, -0.25) is 14.8 Å². The van der Waals surface area contributed by atoms with Gasteiger partial charge < -0.3 is 4.74 Å². The summed E-state index contributed by atoms with van der Waals surface area (Å²) in [7, 11) is 3.37. The minimum Gasteiger partial charge on any atom is -0.497 e. The van der Waals surface area contributed by atoms with E-state index in [-0.39, 0.29) is 5.91 Å². The van der Waals surface area contributed by atoms with Crippen LogP contribution in [-0.4, -0.2) is 27.8 Å². The zero-order chi connectivity index (χ0) is 17.3. The van der Waals surface area contributed by atoms with Crippen molar-refractivity contribution in [2.75, 3.05) is 12.4 Å². The van der Waals surface area contributed by atoms with Crippen LogP contribution in [-0.2, 0) is 7.05 Å². The number of benzene rings is 1. The van der Waals surface area contributed by atoms with Crippen LogP contribution in [0.1, 0.15) is 21.1 Å². The monoisotopic (exact) mass is 342 g/mol. The van der Waals surface area contributed by atoms with Crippen molar-refractivity contribution >= 4 is 22.4 Å². The molecule has 0 radical (unpaired) electrons. The Labute approximate surface area is 144 Å². The third-order valence-corrected chi connectivity index (χ3v) is 4.72. The first-order valence-corrected chi connectivity index (χ1v) is 8.23. The lowest BCUT2D eigenvalue weighted by Gasteiger charge is -2.01. The Kier molecular flexibility index (Phi) is 4.35. The number of methoxy groups -OCH3 is 1. The van der Waals surface area contributed by atoms with E-state index in [0.717, 1.165) is 21.9 Å². The second-order valence-electron chi connectivity index (χ2n) is 5.39. The van der Waals surface area contributed by atoms with E-state index in [0.29, 0.717) is 16.5 Å². The largest absolute Gasteiger partial charge is 0.497 e. The third kappa shape index (κ3) is 3.16. The molecule has 0 saturated carbocycles. The number of aromatic nitrogens is 3. The molecule has 2 aromatic heterocycles. The number of anilines is 1. The summed E-state index contributed by atoms with van der Waals surface area (Å²) in [6.07, 6.45) is 0. The second-order valence-corrected chi connectivity index (χ2v) is 6.59. The fourth-order valence-corrected chi connectivity index (χ4v) is 3.10. The lowest BCUT2D eigenvalue weighted by molar-refractivity contribution is 0.101. The van der Waals surface area contributed by atoms with Crippen LogP contribution in [0.2, 0.25) is 0 Å². The van der Waals surface area contributed by atoms with Crippen molar-refractivity contribution in [2.24, 2.45) is 7.05 Å². The molecule has 0 aliphatic rings. The van der Waals surface area contributed by atoms with Gasteiger partial charge in [-0.25, -0.2) is 4.98 Å². The highest BCUT2D eigenvalue weighted by molar-refractivity contribution is 7.15. The molecule has 0 fully saturated rings. The van der Waals surface area contributed by atoms with Crippen LogP contribution in [0.3, 0.4) is 0 Å². The lowest BCUT2D eigenvalue weighted by atomic mass is 10.1. The number of amides is 1. The SMILES string of the molecule is COc1cccc(-c2cc(C(=O)Nc3nc(C)c(C)s3)n(C)n2)c1. The molecule has 24 heavy (non-hydrogen) atoms. The minimum absolute atomic E-state index is 0.229. The van der Waals surface area contributed by atoms with Gasteiger partial charge in [0, 0.05) is 17.5 Å². The highest BCUT2D eigenvalue weighted by atomic mass is 32.1. The summed E-state index contributed by atoms with van der Waals surface area (Å²) in [6, 6.07) is 9.34. The zero-order valence-electron chi connectivity index (χ0n) is 14.0. The van der Waals surface area contributed by atoms with Crippen molar-refractivity contribution in [1.82, 2.24) is 14.8 Å². The van der Waals surface area contributed by atoms with E-state index < -0.39 is 0 Å². The molecule has 1 N–H and O–H groups in total. The van der Waals surface area contributed by atoms with Gasteiger partial charge >= 0.3 is 0 Å². The maximum atomic E-state index is 12.5. The molecule has 7 heteroatoms. The molecular weight excluding hydrogens is 324 g/mol. The van der Waals surface area contributed by atoms with Gasteiger partial charge in [0.25, 0.3) is 5.91 Å². The van der Waals surface area contributed by atoms with Crippen molar-refractivity contribution in [2.45, 2.75) is 13.8 Å². The molecule has 1 amide bonds. The second kappa shape index (κ2) is 6.45. The van der Waals surface area contributed by atoms with Crippen molar-refractivity contribution in [3.63, 3.8) is 0 Å². The molecule has 1 aromatic carbocycles. The summed E-state index contributed by atoms with van der Waals surface area (Å²) < 4.78 is 6.80. The molecule has 0 bridgehead atoms. The maximum absolute atomic E-state index is 12.5. The molecule has 0 spiro atoms. The standard InChI is InChI=1S/C17H18N4O2S/c1-10-11(2)24-17(18-10)19-16(22)15-9-14(20-21(15)3)12-6-5-7-13(8-12)23-4/h5-9H,1-4H3,(H,18,19,22). The molecule has 124 valence electrons. The van der Waals surface area contributed by atoms with E-state index >= 15 is 0 Å². The number of hydrogen-bond acceptors (Lipinski definition) is 5. The topological polar surface area (TPSA) is 69.0 Å². The van der Waals surface area contributed by atoms with E-state index in [1.165, 1.54) is 11.3 Å². The smallest absolute Gasteiger partial charge is 0.275 e. The quantitative estimate of drug-likeness (QED) is 0.789. The van der Waals surface area contributed by atoms with Gasteiger partial charge in [-0.1, -0.05) is 12.1 Å². The van der Waals surface area contributed by atoms with Gasteiger partial charge in [0.1, 0.15) is 11.4 Å². The number of rotatable bonds is 4. The number of nitrogens with one attached hydrogen (secondary N) is 1. The fourth-order valence-electron chi connectivity index (χ4n) is 2.29. The van der Waals surface area contributed by atoms with Crippen molar-refractivity contribution in [1.29, 1.82) is 0 Å². The molecule has 3 rings (SSSR count). The Morgan fingerprint density at radius 1 is 1.29 bits per heavy atom. The van der Waals surface area contributed by atoms with Crippen LogP contribution in [0.25, 0.3) is 11.3 Å². The Morgan fingerprint density at radius 3 is 2.75 bits per heavy atom. The lowest BCUT2D eigenvalue weighted by Crippen LogP contribution is -2.15. The first-order valence-electron chi connectivity index (χ1n) is 7.42. The molecular formula is C17H18N4O2S. The maximum Gasteiger partial charge on any atom is 0.275 e. The minimum atomic E-state index is -0.229. The number of aryl methyl sites for hydroxylation is 3. The van der Waals surface area contributed by atoms with Crippen molar-refractivity contribution in [3.8, 4) is 17.0 Å².